The monoisotopic (exact) mass is 933 g/mol. The predicted octanol–water partition coefficient (Wildman–Crippen LogP) is 19.7. The molecule has 6 heteroatoms. The smallest absolute Gasteiger partial charge is 0.306 e. The Bertz CT molecular complexity index is 1010. The maximum absolute atomic E-state index is 12.9. The molecule has 0 N–H and O–H groups in total. The van der Waals surface area contributed by atoms with Crippen LogP contribution in [0.4, 0.5) is 0 Å². The molecule has 0 radical (unpaired) electrons. The van der Waals surface area contributed by atoms with E-state index in [4.69, 9.17) is 14.2 Å². The largest absolute Gasteiger partial charge is 0.462 e. The van der Waals surface area contributed by atoms with Crippen molar-refractivity contribution >= 4 is 17.9 Å². The van der Waals surface area contributed by atoms with Crippen LogP contribution in [0.25, 0.3) is 0 Å². The Morgan fingerprint density at radius 3 is 0.864 bits per heavy atom. The van der Waals surface area contributed by atoms with E-state index < -0.39 is 6.10 Å². The van der Waals surface area contributed by atoms with Crippen LogP contribution in [0.2, 0.25) is 0 Å². The number of ether oxygens (including phenoxy) is 3. The summed E-state index contributed by atoms with van der Waals surface area (Å²) in [5, 5.41) is 0. The summed E-state index contributed by atoms with van der Waals surface area (Å²) in [6, 6.07) is 0. The molecule has 0 aliphatic heterocycles. The molecule has 66 heavy (non-hydrogen) atoms. The minimum Gasteiger partial charge on any atom is -0.462 e. The summed E-state index contributed by atoms with van der Waals surface area (Å²) in [4.78, 5) is 38.1. The lowest BCUT2D eigenvalue weighted by molar-refractivity contribution is -0.167. The minimum absolute atomic E-state index is 0.0630. The Balaban J connectivity index is 4.25. The molecule has 0 bridgehead atoms. The predicted molar refractivity (Wildman–Crippen MR) is 284 cm³/mol. The number of unbranched alkanes of at least 4 members (excludes halogenated alkanes) is 38. The van der Waals surface area contributed by atoms with Crippen molar-refractivity contribution in [1.82, 2.24) is 0 Å². The van der Waals surface area contributed by atoms with Gasteiger partial charge in [-0.25, -0.2) is 0 Å². The van der Waals surface area contributed by atoms with Gasteiger partial charge in [-0.05, 0) is 31.1 Å². The normalized spacial score (nSPS) is 12.5. The first kappa shape index (κ1) is 64.4. The molecule has 0 spiro atoms. The molecule has 392 valence electrons. The molecule has 0 rings (SSSR count). The molecule has 0 aromatic carbocycles. The van der Waals surface area contributed by atoms with Crippen molar-refractivity contribution in [2.45, 2.75) is 343 Å². The first-order valence-corrected chi connectivity index (χ1v) is 29.8. The van der Waals surface area contributed by atoms with Crippen LogP contribution >= 0.6 is 0 Å². The molecule has 6 nitrogen and oxygen atoms in total. The van der Waals surface area contributed by atoms with Crippen molar-refractivity contribution < 1.29 is 28.6 Å². The molecule has 0 aromatic heterocycles. The van der Waals surface area contributed by atoms with Gasteiger partial charge in [0.1, 0.15) is 13.2 Å². The van der Waals surface area contributed by atoms with Gasteiger partial charge in [-0.1, -0.05) is 298 Å². The fourth-order valence-corrected chi connectivity index (χ4v) is 9.20. The van der Waals surface area contributed by atoms with E-state index in [2.05, 4.69) is 34.6 Å². The maximum Gasteiger partial charge on any atom is 0.306 e. The minimum atomic E-state index is -0.763. The SMILES string of the molecule is CCCCCCCCCCCCCCCCCCCCCC(=O)O[C@H](COC(=O)CCCCCCCCCCCCCCCCC(C)CC)COC(=O)CCCCCCCCCCC(C)C. The third-order valence-electron chi connectivity index (χ3n) is 14.1. The first-order chi connectivity index (χ1) is 32.3. The van der Waals surface area contributed by atoms with Gasteiger partial charge in [-0.2, -0.15) is 0 Å². The summed E-state index contributed by atoms with van der Waals surface area (Å²) in [7, 11) is 0. The zero-order chi connectivity index (χ0) is 48.2. The number of carbonyl (C=O) groups is 3. The molecular weight excluding hydrogens is 817 g/mol. The third-order valence-corrected chi connectivity index (χ3v) is 14.1. The van der Waals surface area contributed by atoms with E-state index in [9.17, 15) is 14.4 Å². The van der Waals surface area contributed by atoms with Gasteiger partial charge in [0.05, 0.1) is 0 Å². The van der Waals surface area contributed by atoms with E-state index in [1.54, 1.807) is 0 Å². The van der Waals surface area contributed by atoms with Gasteiger partial charge < -0.3 is 14.2 Å². The summed E-state index contributed by atoms with van der Waals surface area (Å²) in [5.41, 5.74) is 0. The van der Waals surface area contributed by atoms with Crippen LogP contribution in [0, 0.1) is 11.8 Å². The molecule has 0 saturated heterocycles. The Kier molecular flexibility index (Phi) is 51.5. The van der Waals surface area contributed by atoms with E-state index in [1.807, 2.05) is 0 Å². The Hall–Kier alpha value is -1.59. The quantitative estimate of drug-likeness (QED) is 0.0343. The summed E-state index contributed by atoms with van der Waals surface area (Å²) >= 11 is 0. The Morgan fingerprint density at radius 1 is 0.318 bits per heavy atom. The van der Waals surface area contributed by atoms with Gasteiger partial charge >= 0.3 is 17.9 Å². The molecule has 0 heterocycles. The van der Waals surface area contributed by atoms with E-state index in [0.717, 1.165) is 69.6 Å². The van der Waals surface area contributed by atoms with Gasteiger partial charge in [0.25, 0.3) is 0 Å². The second-order valence-corrected chi connectivity index (χ2v) is 21.4. The molecule has 0 aliphatic rings. The molecule has 0 aliphatic carbocycles. The standard InChI is InChI=1S/C60H116O6/c1-6-8-9-10-11-12-13-14-15-16-17-18-19-24-27-30-37-42-47-52-60(63)66-57(54-65-59(62)51-46-41-36-32-31-33-38-43-48-55(3)4)53-64-58(61)50-45-40-35-29-26-23-21-20-22-25-28-34-39-44-49-56(5)7-2/h55-57H,6-54H2,1-5H3/t56?,57-/m1/s1. The molecule has 0 aromatic rings. The van der Waals surface area contributed by atoms with Gasteiger partial charge in [0.15, 0.2) is 6.10 Å². The van der Waals surface area contributed by atoms with Crippen LogP contribution in [-0.4, -0.2) is 37.2 Å². The number of rotatable bonds is 54. The second-order valence-electron chi connectivity index (χ2n) is 21.4. The Morgan fingerprint density at radius 2 is 0.576 bits per heavy atom. The van der Waals surface area contributed by atoms with Gasteiger partial charge in [0.2, 0.25) is 0 Å². The summed E-state index contributed by atoms with van der Waals surface area (Å²) in [5.74, 6) is 0.852. The highest BCUT2D eigenvalue weighted by molar-refractivity contribution is 5.71. The lowest BCUT2D eigenvalue weighted by Gasteiger charge is -2.18. The molecule has 0 saturated carbocycles. The fraction of sp³-hybridized carbons (Fsp3) is 0.950. The molecule has 2 atom stereocenters. The van der Waals surface area contributed by atoms with Crippen LogP contribution in [0.5, 0.6) is 0 Å². The van der Waals surface area contributed by atoms with Crippen molar-refractivity contribution in [3.8, 4) is 0 Å². The average molecular weight is 934 g/mol. The second kappa shape index (κ2) is 52.8. The van der Waals surface area contributed by atoms with Crippen LogP contribution in [0.1, 0.15) is 336 Å². The molecule has 1 unspecified atom stereocenters. The highest BCUT2D eigenvalue weighted by atomic mass is 16.6. The lowest BCUT2D eigenvalue weighted by Crippen LogP contribution is -2.30. The van der Waals surface area contributed by atoms with Crippen LogP contribution < -0.4 is 0 Å². The molecular formula is C60H116O6. The van der Waals surface area contributed by atoms with E-state index >= 15 is 0 Å². The number of carbonyl (C=O) groups excluding carboxylic acids is 3. The van der Waals surface area contributed by atoms with Crippen molar-refractivity contribution in [3.63, 3.8) is 0 Å². The van der Waals surface area contributed by atoms with E-state index in [1.165, 1.54) is 225 Å². The summed E-state index contributed by atoms with van der Waals surface area (Å²) in [6.07, 6.45) is 56.7. The zero-order valence-electron chi connectivity index (χ0n) is 45.3. The van der Waals surface area contributed by atoms with Crippen LogP contribution in [0.3, 0.4) is 0 Å². The third kappa shape index (κ3) is 51.8. The van der Waals surface area contributed by atoms with Gasteiger partial charge in [0, 0.05) is 19.3 Å². The Labute approximate surface area is 412 Å². The van der Waals surface area contributed by atoms with E-state index in [0.29, 0.717) is 19.3 Å². The van der Waals surface area contributed by atoms with E-state index in [-0.39, 0.29) is 31.1 Å². The topological polar surface area (TPSA) is 78.9 Å². The van der Waals surface area contributed by atoms with Crippen molar-refractivity contribution in [1.29, 1.82) is 0 Å². The number of esters is 3. The van der Waals surface area contributed by atoms with Crippen molar-refractivity contribution in [2.24, 2.45) is 11.8 Å². The number of hydrogen-bond donors (Lipinski definition) is 0. The summed E-state index contributed by atoms with van der Waals surface area (Å²) in [6.45, 7) is 11.4. The molecule has 0 amide bonds. The highest BCUT2D eigenvalue weighted by Crippen LogP contribution is 2.19. The van der Waals surface area contributed by atoms with Crippen LogP contribution in [0.15, 0.2) is 0 Å². The van der Waals surface area contributed by atoms with Crippen molar-refractivity contribution in [2.75, 3.05) is 13.2 Å². The van der Waals surface area contributed by atoms with Gasteiger partial charge in [-0.15, -0.1) is 0 Å². The zero-order valence-corrected chi connectivity index (χ0v) is 45.3. The average Bonchev–Trinajstić information content (AvgIpc) is 3.30. The maximum atomic E-state index is 12.9. The lowest BCUT2D eigenvalue weighted by atomic mass is 9.99. The fourth-order valence-electron chi connectivity index (χ4n) is 9.20. The number of hydrogen-bond acceptors (Lipinski definition) is 6. The summed E-state index contributed by atoms with van der Waals surface area (Å²) < 4.78 is 16.9. The van der Waals surface area contributed by atoms with Crippen molar-refractivity contribution in [3.05, 3.63) is 0 Å². The van der Waals surface area contributed by atoms with Gasteiger partial charge in [-0.3, -0.25) is 14.4 Å². The highest BCUT2D eigenvalue weighted by Gasteiger charge is 2.19. The van der Waals surface area contributed by atoms with Crippen LogP contribution in [-0.2, 0) is 28.6 Å². The molecule has 0 fully saturated rings. The first-order valence-electron chi connectivity index (χ1n) is 29.8.